The van der Waals surface area contributed by atoms with Crippen molar-refractivity contribution in [3.63, 3.8) is 0 Å². The molecule has 0 heterocycles. The fourth-order valence-electron chi connectivity index (χ4n) is 0.727. The van der Waals surface area contributed by atoms with Gasteiger partial charge >= 0.3 is 0 Å². The third-order valence-corrected chi connectivity index (χ3v) is 2.24. The Morgan fingerprint density at radius 3 is 2.08 bits per heavy atom. The Morgan fingerprint density at radius 1 is 1.33 bits per heavy atom. The summed E-state index contributed by atoms with van der Waals surface area (Å²) in [6, 6.07) is 0. The van der Waals surface area contributed by atoms with Crippen LogP contribution in [0.5, 0.6) is 0 Å². The molecule has 0 aliphatic rings. The topological polar surface area (TPSA) is 29.5 Å². The lowest BCUT2D eigenvalue weighted by molar-refractivity contribution is 0.309. The molecule has 0 saturated carbocycles. The van der Waals surface area contributed by atoms with Gasteiger partial charge in [0.1, 0.15) is 0 Å². The molecule has 1 N–H and O–H groups in total. The molecular weight excluding hydrogens is 191 g/mol. The van der Waals surface area contributed by atoms with Crippen LogP contribution >= 0.6 is 23.9 Å². The number of hydrogen-bond donors (Lipinski definition) is 1. The van der Waals surface area contributed by atoms with Crippen molar-refractivity contribution < 1.29 is 8.74 Å². The Morgan fingerprint density at radius 2 is 1.83 bits per heavy atom. The van der Waals surface area contributed by atoms with E-state index >= 15 is 0 Å². The highest BCUT2D eigenvalue weighted by atomic mass is 32.2. The van der Waals surface area contributed by atoms with Gasteiger partial charge in [-0.05, 0) is 26.0 Å². The van der Waals surface area contributed by atoms with Crippen molar-refractivity contribution in [3.05, 3.63) is 24.3 Å². The van der Waals surface area contributed by atoms with E-state index in [0.29, 0.717) is 12.0 Å². The van der Waals surface area contributed by atoms with Crippen LogP contribution in [0, 0.1) is 0 Å². The second-order valence-electron chi connectivity index (χ2n) is 1.99. The minimum atomic E-state index is -0.858. The normalized spacial score (nSPS) is 17.2. The molecule has 2 radical (unpaired) electrons. The maximum absolute atomic E-state index is 8.99. The van der Waals surface area contributed by atoms with E-state index in [1.165, 1.54) is 0 Å². The second-order valence-corrected chi connectivity index (χ2v) is 3.17. The molecule has 0 aromatic rings. The summed E-state index contributed by atoms with van der Waals surface area (Å²) in [6.45, 7) is 3.69. The summed E-state index contributed by atoms with van der Waals surface area (Å²) in [5.41, 5.74) is 0. The van der Waals surface area contributed by atoms with Crippen LogP contribution in [0.25, 0.3) is 0 Å². The molecule has 0 saturated heterocycles. The molecule has 5 heteroatoms. The summed E-state index contributed by atoms with van der Waals surface area (Å²) in [6.07, 6.45) is 7.02. The second kappa shape index (κ2) is 6.66. The fourth-order valence-corrected chi connectivity index (χ4v) is 1.62. The van der Waals surface area contributed by atoms with Crippen LogP contribution in [0.15, 0.2) is 24.3 Å². The van der Waals surface area contributed by atoms with Gasteiger partial charge in [-0.1, -0.05) is 24.0 Å². The summed E-state index contributed by atoms with van der Waals surface area (Å²) in [5, 5.41) is 0. The number of hydrogen-bond acceptors (Lipinski definition) is 4. The van der Waals surface area contributed by atoms with Crippen LogP contribution < -0.4 is 0 Å². The smallest absolute Gasteiger partial charge is 0.203 e. The minimum Gasteiger partial charge on any atom is -0.327 e. The van der Waals surface area contributed by atoms with E-state index in [2.05, 4.69) is 0 Å². The van der Waals surface area contributed by atoms with Crippen molar-refractivity contribution in [2.75, 3.05) is 0 Å². The molecule has 0 amide bonds. The summed E-state index contributed by atoms with van der Waals surface area (Å²) in [7, 11) is 5.15. The molecule has 2 nitrogen and oxygen atoms in total. The summed E-state index contributed by atoms with van der Waals surface area (Å²) in [5.74, 6) is 0. The summed E-state index contributed by atoms with van der Waals surface area (Å²) >= 11 is 1.32. The third kappa shape index (κ3) is 3.71. The Bertz CT molecular complexity index is 159. The average molecular weight is 202 g/mol. The molecule has 0 atom stereocenters. The molecule has 12 heavy (non-hydrogen) atoms. The summed E-state index contributed by atoms with van der Waals surface area (Å²) in [4.78, 5) is -0.858. The highest BCUT2D eigenvalue weighted by Crippen LogP contribution is 2.30. The van der Waals surface area contributed by atoms with Crippen molar-refractivity contribution >= 4 is 31.1 Å². The van der Waals surface area contributed by atoms with Gasteiger partial charge < -0.3 is 8.74 Å². The lowest BCUT2D eigenvalue weighted by Crippen LogP contribution is -2.19. The van der Waals surface area contributed by atoms with Crippen molar-refractivity contribution in [2.45, 2.75) is 18.8 Å². The van der Waals surface area contributed by atoms with Crippen LogP contribution in [0.1, 0.15) is 13.8 Å². The first-order chi connectivity index (χ1) is 5.74. The van der Waals surface area contributed by atoms with Gasteiger partial charge in [-0.15, -0.1) is 0 Å². The lowest BCUT2D eigenvalue weighted by atomic mass is 10.3. The van der Waals surface area contributed by atoms with Crippen LogP contribution in [-0.2, 0) is 4.18 Å². The maximum Gasteiger partial charge on any atom is 0.203 e. The van der Waals surface area contributed by atoms with Crippen LogP contribution in [-0.4, -0.2) is 16.6 Å². The Hall–Kier alpha value is 0.165. The fraction of sp³-hybridized carbons (Fsp3) is 0.429. The zero-order valence-corrected chi connectivity index (χ0v) is 8.69. The molecule has 0 aromatic carbocycles. The highest BCUT2D eigenvalue weighted by molar-refractivity contribution is 8.16. The van der Waals surface area contributed by atoms with Crippen molar-refractivity contribution in [1.82, 2.24) is 0 Å². The SMILES string of the molecule is [B]SOC(C=CC)(C=CC)SO. The molecule has 0 spiro atoms. The molecular formula is C7H11BO2S2. The maximum atomic E-state index is 8.99. The van der Waals surface area contributed by atoms with Gasteiger partial charge in [0, 0.05) is 12.0 Å². The van der Waals surface area contributed by atoms with E-state index in [4.69, 9.17) is 15.9 Å². The average Bonchev–Trinajstić information content (AvgIpc) is 2.06. The van der Waals surface area contributed by atoms with Crippen molar-refractivity contribution in [3.8, 4) is 0 Å². The van der Waals surface area contributed by atoms with Gasteiger partial charge in [0.05, 0.1) is 0 Å². The van der Waals surface area contributed by atoms with E-state index in [9.17, 15) is 0 Å². The molecule has 0 unspecified atom stereocenters. The van der Waals surface area contributed by atoms with Crippen molar-refractivity contribution in [2.24, 2.45) is 0 Å². The number of rotatable bonds is 5. The van der Waals surface area contributed by atoms with E-state index in [1.807, 2.05) is 13.8 Å². The molecule has 0 aliphatic carbocycles. The lowest BCUT2D eigenvalue weighted by Gasteiger charge is -2.21. The zero-order valence-electron chi connectivity index (χ0n) is 7.06. The van der Waals surface area contributed by atoms with E-state index in [-0.39, 0.29) is 0 Å². The van der Waals surface area contributed by atoms with Gasteiger partial charge in [0.25, 0.3) is 0 Å². The van der Waals surface area contributed by atoms with Crippen LogP contribution in [0.2, 0.25) is 0 Å². The molecule has 0 bridgehead atoms. The first-order valence-corrected chi connectivity index (χ1v) is 4.97. The predicted molar refractivity (Wildman–Crippen MR) is 57.0 cm³/mol. The van der Waals surface area contributed by atoms with Gasteiger partial charge in [-0.3, -0.25) is 0 Å². The first kappa shape index (κ1) is 12.2. The molecule has 0 fully saturated rings. The molecule has 0 rings (SSSR count). The zero-order chi connectivity index (χ0) is 9.45. The van der Waals surface area contributed by atoms with Crippen LogP contribution in [0.3, 0.4) is 0 Å². The van der Waals surface area contributed by atoms with Gasteiger partial charge in [-0.2, -0.15) is 0 Å². The van der Waals surface area contributed by atoms with E-state index in [1.54, 1.807) is 24.3 Å². The largest absolute Gasteiger partial charge is 0.327 e. The monoisotopic (exact) mass is 202 g/mol. The van der Waals surface area contributed by atoms with E-state index in [0.717, 1.165) is 11.9 Å². The Labute approximate surface area is 83.2 Å². The predicted octanol–water partition coefficient (Wildman–Crippen LogP) is 2.79. The highest BCUT2D eigenvalue weighted by Gasteiger charge is 2.24. The van der Waals surface area contributed by atoms with E-state index < -0.39 is 4.93 Å². The third-order valence-electron chi connectivity index (χ3n) is 1.12. The molecule has 0 aliphatic heterocycles. The molecule has 66 valence electrons. The standard InChI is InChI=1S/C7H11BO2S2/c1-3-5-7(11-9,6-4-2)10-12-8/h3-6,9H,1-2H3. The van der Waals surface area contributed by atoms with Gasteiger partial charge in [-0.25, -0.2) is 0 Å². The minimum absolute atomic E-state index is 0.594. The summed E-state index contributed by atoms with van der Waals surface area (Å²) < 4.78 is 14.1. The molecule has 0 aromatic heterocycles. The van der Waals surface area contributed by atoms with Crippen LogP contribution in [0.4, 0.5) is 0 Å². The Balaban J connectivity index is 4.49. The van der Waals surface area contributed by atoms with Gasteiger partial charge in [0.2, 0.25) is 7.12 Å². The Kier molecular flexibility index (Phi) is 6.75. The van der Waals surface area contributed by atoms with Crippen molar-refractivity contribution in [1.29, 1.82) is 0 Å². The number of allylic oxidation sites excluding steroid dienone is 2. The quantitative estimate of drug-likeness (QED) is 0.321. The van der Waals surface area contributed by atoms with Gasteiger partial charge in [0.15, 0.2) is 4.93 Å². The first-order valence-electron chi connectivity index (χ1n) is 3.39.